The fraction of sp³-hybridized carbons (Fsp3) is 0.133. The van der Waals surface area contributed by atoms with Crippen molar-refractivity contribution in [1.82, 2.24) is 19.7 Å². The molecule has 0 aliphatic carbocycles. The van der Waals surface area contributed by atoms with Gasteiger partial charge in [0.2, 0.25) is 0 Å². The minimum atomic E-state index is -4.27. The van der Waals surface area contributed by atoms with Gasteiger partial charge in [0.05, 0.1) is 12.6 Å². The SMILES string of the molecule is COc1ccc2c(c1)nnn2-c1ccc(CNS(=O)(=O)C(N)=O)cc1F. The Balaban J connectivity index is 1.90. The molecule has 9 nitrogen and oxygen atoms in total. The third kappa shape index (κ3) is 3.34. The average Bonchev–Trinajstić information content (AvgIpc) is 3.02. The predicted molar refractivity (Wildman–Crippen MR) is 90.7 cm³/mol. The number of fused-ring (bicyclic) bond motifs is 1. The summed E-state index contributed by atoms with van der Waals surface area (Å²) >= 11 is 0. The molecule has 3 N–H and O–H groups in total. The van der Waals surface area contributed by atoms with Crippen molar-refractivity contribution in [1.29, 1.82) is 0 Å². The molecule has 1 amide bonds. The highest BCUT2D eigenvalue weighted by Gasteiger charge is 2.18. The van der Waals surface area contributed by atoms with Gasteiger partial charge < -0.3 is 10.5 Å². The minimum Gasteiger partial charge on any atom is -0.497 e. The summed E-state index contributed by atoms with van der Waals surface area (Å²) in [6.07, 6.45) is 0. The maximum absolute atomic E-state index is 14.5. The van der Waals surface area contributed by atoms with E-state index in [1.807, 2.05) is 4.72 Å². The summed E-state index contributed by atoms with van der Waals surface area (Å²) in [7, 11) is -2.75. The molecule has 1 heterocycles. The topological polar surface area (TPSA) is 129 Å². The standard InChI is InChI=1S/C15H14FN5O4S/c1-25-10-3-5-14-12(7-10)19-20-21(14)13-4-2-9(6-11(13)16)8-18-26(23,24)15(17)22/h2-7,18H,8H2,1H3,(H2,17,22). The van der Waals surface area contributed by atoms with E-state index in [1.165, 1.54) is 23.9 Å². The van der Waals surface area contributed by atoms with Crippen LogP contribution < -0.4 is 15.2 Å². The van der Waals surface area contributed by atoms with Crippen LogP contribution in [0.4, 0.5) is 9.18 Å². The zero-order chi connectivity index (χ0) is 18.9. The quantitative estimate of drug-likeness (QED) is 0.682. The minimum absolute atomic E-state index is 0.138. The lowest BCUT2D eigenvalue weighted by molar-refractivity contribution is 0.265. The highest BCUT2D eigenvalue weighted by Crippen LogP contribution is 2.23. The second kappa shape index (κ2) is 6.69. The summed E-state index contributed by atoms with van der Waals surface area (Å²) in [5, 5.41) is 6.42. The Morgan fingerprint density at radius 3 is 2.73 bits per heavy atom. The first kappa shape index (κ1) is 17.8. The van der Waals surface area contributed by atoms with Gasteiger partial charge in [-0.2, -0.15) is 0 Å². The Bertz CT molecular complexity index is 1100. The van der Waals surface area contributed by atoms with E-state index in [0.717, 1.165) is 6.07 Å². The van der Waals surface area contributed by atoms with E-state index in [2.05, 4.69) is 10.3 Å². The molecular formula is C15H14FN5O4S. The van der Waals surface area contributed by atoms with Crippen molar-refractivity contribution >= 4 is 26.3 Å². The summed E-state index contributed by atoms with van der Waals surface area (Å²) in [4.78, 5) is 10.8. The Morgan fingerprint density at radius 1 is 1.31 bits per heavy atom. The van der Waals surface area contributed by atoms with Gasteiger partial charge in [-0.25, -0.2) is 22.2 Å². The Hall–Kier alpha value is -3.05. The molecule has 0 saturated carbocycles. The van der Waals surface area contributed by atoms with Gasteiger partial charge in [0.15, 0.2) is 0 Å². The molecule has 0 aliphatic rings. The third-order valence-electron chi connectivity index (χ3n) is 3.62. The molecule has 0 fully saturated rings. The van der Waals surface area contributed by atoms with Crippen LogP contribution in [0.5, 0.6) is 5.75 Å². The average molecular weight is 379 g/mol. The van der Waals surface area contributed by atoms with Gasteiger partial charge in [-0.3, -0.25) is 4.79 Å². The number of primary amides is 1. The molecule has 0 atom stereocenters. The number of carbonyl (C=O) groups is 1. The van der Waals surface area contributed by atoms with E-state index in [9.17, 15) is 17.6 Å². The molecule has 3 rings (SSSR count). The number of carbonyl (C=O) groups excluding carboxylic acids is 1. The van der Waals surface area contributed by atoms with E-state index >= 15 is 0 Å². The first-order chi connectivity index (χ1) is 12.3. The van der Waals surface area contributed by atoms with E-state index in [-0.39, 0.29) is 12.2 Å². The summed E-state index contributed by atoms with van der Waals surface area (Å²) in [6.45, 7) is -0.280. The monoisotopic (exact) mass is 379 g/mol. The predicted octanol–water partition coefficient (Wildman–Crippen LogP) is 1.07. The van der Waals surface area contributed by atoms with Crippen LogP contribution in [0.1, 0.15) is 5.56 Å². The van der Waals surface area contributed by atoms with Crippen LogP contribution in [0, 0.1) is 5.82 Å². The zero-order valence-corrected chi connectivity index (χ0v) is 14.3. The number of hydrogen-bond donors (Lipinski definition) is 2. The molecule has 0 unspecified atom stereocenters. The van der Waals surface area contributed by atoms with Crippen LogP contribution in [0.2, 0.25) is 0 Å². The molecule has 0 spiro atoms. The van der Waals surface area contributed by atoms with E-state index < -0.39 is 21.1 Å². The van der Waals surface area contributed by atoms with E-state index in [4.69, 9.17) is 10.5 Å². The largest absolute Gasteiger partial charge is 0.497 e. The van der Waals surface area contributed by atoms with Gasteiger partial charge in [-0.15, -0.1) is 5.10 Å². The highest BCUT2D eigenvalue weighted by atomic mass is 32.2. The fourth-order valence-corrected chi connectivity index (χ4v) is 2.79. The normalized spacial score (nSPS) is 11.6. The number of halogens is 1. The van der Waals surface area contributed by atoms with Gasteiger partial charge >= 0.3 is 5.24 Å². The molecule has 3 aromatic rings. The molecule has 136 valence electrons. The second-order valence-corrected chi connectivity index (χ2v) is 6.98. The van der Waals surface area contributed by atoms with Crippen molar-refractivity contribution in [2.24, 2.45) is 5.73 Å². The van der Waals surface area contributed by atoms with Crippen molar-refractivity contribution < 1.29 is 22.3 Å². The van der Waals surface area contributed by atoms with Crippen molar-refractivity contribution in [3.8, 4) is 11.4 Å². The summed E-state index contributed by atoms with van der Waals surface area (Å²) < 4.78 is 45.6. The lowest BCUT2D eigenvalue weighted by Gasteiger charge is -2.08. The molecule has 2 aromatic carbocycles. The lowest BCUT2D eigenvalue weighted by Crippen LogP contribution is -2.34. The van der Waals surface area contributed by atoms with Crippen LogP contribution in [0.25, 0.3) is 16.7 Å². The van der Waals surface area contributed by atoms with E-state index in [1.54, 1.807) is 18.2 Å². The zero-order valence-electron chi connectivity index (χ0n) is 13.5. The molecule has 11 heteroatoms. The Morgan fingerprint density at radius 2 is 2.08 bits per heavy atom. The first-order valence-corrected chi connectivity index (χ1v) is 8.77. The van der Waals surface area contributed by atoms with Crippen LogP contribution in [-0.2, 0) is 16.6 Å². The van der Waals surface area contributed by atoms with Gasteiger partial charge in [0, 0.05) is 12.6 Å². The number of benzene rings is 2. The molecular weight excluding hydrogens is 365 g/mol. The van der Waals surface area contributed by atoms with Gasteiger partial charge in [0.1, 0.15) is 22.8 Å². The third-order valence-corrected chi connectivity index (χ3v) is 4.68. The van der Waals surface area contributed by atoms with Gasteiger partial charge in [-0.1, -0.05) is 11.3 Å². The molecule has 26 heavy (non-hydrogen) atoms. The van der Waals surface area contributed by atoms with Crippen LogP contribution in [-0.4, -0.2) is 35.8 Å². The van der Waals surface area contributed by atoms with Crippen LogP contribution >= 0.6 is 0 Å². The van der Waals surface area contributed by atoms with Crippen molar-refractivity contribution in [3.63, 3.8) is 0 Å². The number of nitrogens with two attached hydrogens (primary N) is 1. The van der Waals surface area contributed by atoms with Crippen LogP contribution in [0.15, 0.2) is 36.4 Å². The second-order valence-electron chi connectivity index (χ2n) is 5.29. The number of nitrogens with one attached hydrogen (secondary N) is 1. The fourth-order valence-electron chi connectivity index (χ4n) is 2.29. The molecule has 0 radical (unpaired) electrons. The Labute approximate surface area is 147 Å². The van der Waals surface area contributed by atoms with Crippen LogP contribution in [0.3, 0.4) is 0 Å². The maximum atomic E-state index is 14.5. The molecule has 1 aromatic heterocycles. The number of aromatic nitrogens is 3. The smallest absolute Gasteiger partial charge is 0.349 e. The number of methoxy groups -OCH3 is 1. The number of rotatable bonds is 5. The number of hydrogen-bond acceptors (Lipinski definition) is 6. The van der Waals surface area contributed by atoms with Crippen molar-refractivity contribution in [2.45, 2.75) is 6.54 Å². The van der Waals surface area contributed by atoms with Gasteiger partial charge in [-0.05, 0) is 29.8 Å². The molecule has 0 bridgehead atoms. The summed E-state index contributed by atoms with van der Waals surface area (Å²) in [5.74, 6) is -0.0366. The summed E-state index contributed by atoms with van der Waals surface area (Å²) in [6, 6.07) is 9.13. The van der Waals surface area contributed by atoms with Crippen molar-refractivity contribution in [3.05, 3.63) is 47.8 Å². The molecule has 0 aliphatic heterocycles. The lowest BCUT2D eigenvalue weighted by atomic mass is 10.2. The summed E-state index contributed by atoms with van der Waals surface area (Å²) in [5.41, 5.74) is 6.29. The van der Waals surface area contributed by atoms with E-state index in [0.29, 0.717) is 22.3 Å². The number of ether oxygens (including phenoxy) is 1. The highest BCUT2D eigenvalue weighted by molar-refractivity contribution is 8.04. The van der Waals surface area contributed by atoms with Gasteiger partial charge in [0.25, 0.3) is 10.0 Å². The number of nitrogens with zero attached hydrogens (tertiary/aromatic N) is 3. The number of sulfonamides is 1. The Kier molecular flexibility index (Phi) is 4.57. The molecule has 0 saturated heterocycles. The number of amides is 1. The maximum Gasteiger partial charge on any atom is 0.349 e. The first-order valence-electron chi connectivity index (χ1n) is 7.29. The van der Waals surface area contributed by atoms with Crippen molar-refractivity contribution in [2.75, 3.05) is 7.11 Å².